The van der Waals surface area contributed by atoms with Crippen LogP contribution < -0.4 is 10.6 Å². The van der Waals surface area contributed by atoms with E-state index < -0.39 is 0 Å². The van der Waals surface area contributed by atoms with E-state index in [0.717, 1.165) is 0 Å². The summed E-state index contributed by atoms with van der Waals surface area (Å²) in [5.41, 5.74) is 2.03. The van der Waals surface area contributed by atoms with Crippen molar-refractivity contribution in [2.45, 2.75) is 26.2 Å². The molecule has 3 rings (SSSR count). The lowest BCUT2D eigenvalue weighted by molar-refractivity contribution is -0.116. The molecule has 0 fully saturated rings. The first-order valence-corrected chi connectivity index (χ1v) is 8.05. The molecule has 0 aliphatic heterocycles. The minimum atomic E-state index is -0.344. The molecule has 2 N–H and O–H groups in total. The highest BCUT2D eigenvalue weighted by Gasteiger charge is 2.11. The Kier molecular flexibility index (Phi) is 4.83. The summed E-state index contributed by atoms with van der Waals surface area (Å²) in [7, 11) is 0. The highest BCUT2D eigenvalue weighted by molar-refractivity contribution is 5.94. The Labute approximate surface area is 144 Å². The van der Waals surface area contributed by atoms with E-state index in [9.17, 15) is 9.59 Å². The number of nitrogens with zero attached hydrogens (tertiary/aromatic N) is 1. The summed E-state index contributed by atoms with van der Waals surface area (Å²) in [6.45, 7) is 4.23. The molecular formula is C18H19N3O4. The van der Waals surface area contributed by atoms with Crippen LogP contribution in [0.25, 0.3) is 11.1 Å². The van der Waals surface area contributed by atoms with Crippen molar-refractivity contribution >= 4 is 28.6 Å². The second-order valence-electron chi connectivity index (χ2n) is 5.92. The van der Waals surface area contributed by atoms with Crippen molar-refractivity contribution in [2.24, 2.45) is 0 Å². The van der Waals surface area contributed by atoms with Crippen LogP contribution in [0.15, 0.2) is 45.4 Å². The number of amides is 2. The molecule has 0 spiro atoms. The molecule has 0 atom stereocenters. The van der Waals surface area contributed by atoms with Crippen LogP contribution in [0.1, 0.15) is 42.6 Å². The number of oxazole rings is 1. The predicted molar refractivity (Wildman–Crippen MR) is 92.4 cm³/mol. The van der Waals surface area contributed by atoms with E-state index in [1.165, 1.54) is 6.26 Å². The zero-order valence-corrected chi connectivity index (χ0v) is 14.0. The molecule has 7 heteroatoms. The van der Waals surface area contributed by atoms with Gasteiger partial charge in [-0.1, -0.05) is 13.8 Å². The van der Waals surface area contributed by atoms with Gasteiger partial charge in [-0.3, -0.25) is 9.59 Å². The van der Waals surface area contributed by atoms with Crippen LogP contribution in [-0.4, -0.2) is 23.3 Å². The third kappa shape index (κ3) is 4.06. The molecule has 2 amide bonds. The molecule has 3 aromatic rings. The van der Waals surface area contributed by atoms with Gasteiger partial charge in [0.1, 0.15) is 5.52 Å². The molecular weight excluding hydrogens is 322 g/mol. The summed E-state index contributed by atoms with van der Waals surface area (Å²) >= 11 is 0. The van der Waals surface area contributed by atoms with Crippen LogP contribution in [-0.2, 0) is 4.79 Å². The van der Waals surface area contributed by atoms with Gasteiger partial charge >= 0.3 is 0 Å². The van der Waals surface area contributed by atoms with E-state index in [4.69, 9.17) is 8.83 Å². The number of furan rings is 1. The second-order valence-corrected chi connectivity index (χ2v) is 5.92. The van der Waals surface area contributed by atoms with Gasteiger partial charge in [-0.15, -0.1) is 0 Å². The van der Waals surface area contributed by atoms with Gasteiger partial charge < -0.3 is 19.5 Å². The van der Waals surface area contributed by atoms with Crippen molar-refractivity contribution in [2.75, 3.05) is 11.9 Å². The molecule has 2 heterocycles. The number of carbonyl (C=O) groups excluding carboxylic acids is 2. The molecule has 0 saturated heterocycles. The van der Waals surface area contributed by atoms with Crippen molar-refractivity contribution < 1.29 is 18.4 Å². The number of carbonyl (C=O) groups is 2. The summed E-state index contributed by atoms with van der Waals surface area (Å²) < 4.78 is 10.6. The Hall–Kier alpha value is -3.09. The third-order valence-corrected chi connectivity index (χ3v) is 3.56. The molecule has 0 saturated carbocycles. The molecule has 1 aromatic carbocycles. The van der Waals surface area contributed by atoms with Gasteiger partial charge in [0.2, 0.25) is 5.91 Å². The van der Waals surface area contributed by atoms with Crippen LogP contribution in [0, 0.1) is 0 Å². The molecule has 7 nitrogen and oxygen atoms in total. The molecule has 25 heavy (non-hydrogen) atoms. The average molecular weight is 341 g/mol. The Morgan fingerprint density at radius 1 is 1.24 bits per heavy atom. The first kappa shape index (κ1) is 16.8. The maximum absolute atomic E-state index is 12.0. The lowest BCUT2D eigenvalue weighted by Crippen LogP contribution is -2.27. The molecule has 0 unspecified atom stereocenters. The van der Waals surface area contributed by atoms with E-state index in [1.807, 2.05) is 13.8 Å². The van der Waals surface area contributed by atoms with Crippen LogP contribution >= 0.6 is 0 Å². The van der Waals surface area contributed by atoms with E-state index in [1.54, 1.807) is 30.3 Å². The van der Waals surface area contributed by atoms with Crippen molar-refractivity contribution in [3.05, 3.63) is 48.2 Å². The van der Waals surface area contributed by atoms with Gasteiger partial charge in [0.15, 0.2) is 17.2 Å². The Morgan fingerprint density at radius 3 is 2.80 bits per heavy atom. The lowest BCUT2D eigenvalue weighted by Gasteiger charge is -2.05. The zero-order chi connectivity index (χ0) is 17.8. The summed E-state index contributed by atoms with van der Waals surface area (Å²) in [6.07, 6.45) is 1.58. The van der Waals surface area contributed by atoms with Crippen LogP contribution in [0.2, 0.25) is 0 Å². The number of hydrogen-bond acceptors (Lipinski definition) is 5. The first-order chi connectivity index (χ1) is 12.0. The van der Waals surface area contributed by atoms with E-state index in [0.29, 0.717) is 22.7 Å². The first-order valence-electron chi connectivity index (χ1n) is 8.05. The highest BCUT2D eigenvalue weighted by atomic mass is 16.3. The monoisotopic (exact) mass is 341 g/mol. The lowest BCUT2D eigenvalue weighted by atomic mass is 10.2. The normalized spacial score (nSPS) is 11.0. The number of hydrogen-bond donors (Lipinski definition) is 2. The van der Waals surface area contributed by atoms with Crippen LogP contribution in [0.3, 0.4) is 0 Å². The smallest absolute Gasteiger partial charge is 0.286 e. The van der Waals surface area contributed by atoms with E-state index in [2.05, 4.69) is 15.6 Å². The predicted octanol–water partition coefficient (Wildman–Crippen LogP) is 3.30. The zero-order valence-electron chi connectivity index (χ0n) is 14.0. The highest BCUT2D eigenvalue weighted by Crippen LogP contribution is 2.23. The van der Waals surface area contributed by atoms with Crippen molar-refractivity contribution in [3.8, 4) is 0 Å². The van der Waals surface area contributed by atoms with Crippen molar-refractivity contribution in [1.82, 2.24) is 10.3 Å². The number of benzene rings is 1. The van der Waals surface area contributed by atoms with Crippen molar-refractivity contribution in [3.63, 3.8) is 0 Å². The van der Waals surface area contributed by atoms with Gasteiger partial charge in [-0.05, 0) is 30.3 Å². The molecule has 0 aliphatic carbocycles. The summed E-state index contributed by atoms with van der Waals surface area (Å²) in [4.78, 5) is 28.1. The van der Waals surface area contributed by atoms with Gasteiger partial charge in [-0.2, -0.15) is 0 Å². The fourth-order valence-corrected chi connectivity index (χ4v) is 2.28. The van der Waals surface area contributed by atoms with Gasteiger partial charge in [-0.25, -0.2) is 4.98 Å². The SMILES string of the molecule is CC(C)c1nc2cc(NC(=O)CCNC(=O)c3ccco3)ccc2o1. The van der Waals surface area contributed by atoms with E-state index in [-0.39, 0.29) is 36.5 Å². The minimum Gasteiger partial charge on any atom is -0.459 e. The average Bonchev–Trinajstić information content (AvgIpc) is 3.24. The standard InChI is InChI=1S/C18H19N3O4/c1-11(2)18-21-13-10-12(5-6-14(13)25-18)20-16(22)7-8-19-17(23)15-4-3-9-24-15/h3-6,9-11H,7-8H2,1-2H3,(H,19,23)(H,20,22). The fourth-order valence-electron chi connectivity index (χ4n) is 2.28. The summed E-state index contributed by atoms with van der Waals surface area (Å²) in [5, 5.41) is 5.41. The Morgan fingerprint density at radius 2 is 2.08 bits per heavy atom. The minimum absolute atomic E-state index is 0.153. The van der Waals surface area contributed by atoms with Gasteiger partial charge in [0, 0.05) is 24.6 Å². The summed E-state index contributed by atoms with van der Waals surface area (Å²) in [5.74, 6) is 0.537. The molecule has 0 radical (unpaired) electrons. The number of nitrogens with one attached hydrogen (secondary N) is 2. The number of fused-ring (bicyclic) bond motifs is 1. The van der Waals surface area contributed by atoms with Crippen LogP contribution in [0.4, 0.5) is 5.69 Å². The Balaban J connectivity index is 1.53. The van der Waals surface area contributed by atoms with Crippen LogP contribution in [0.5, 0.6) is 0 Å². The van der Waals surface area contributed by atoms with Crippen molar-refractivity contribution in [1.29, 1.82) is 0 Å². The maximum atomic E-state index is 12.0. The molecule has 130 valence electrons. The third-order valence-electron chi connectivity index (χ3n) is 3.56. The largest absolute Gasteiger partial charge is 0.459 e. The Bertz CT molecular complexity index is 881. The number of aromatic nitrogens is 1. The van der Waals surface area contributed by atoms with Gasteiger partial charge in [0.25, 0.3) is 5.91 Å². The van der Waals surface area contributed by atoms with E-state index >= 15 is 0 Å². The molecule has 0 bridgehead atoms. The fraction of sp³-hybridized carbons (Fsp3) is 0.278. The topological polar surface area (TPSA) is 97.4 Å². The quantitative estimate of drug-likeness (QED) is 0.717. The molecule has 2 aromatic heterocycles. The second kappa shape index (κ2) is 7.21. The molecule has 0 aliphatic rings. The summed E-state index contributed by atoms with van der Waals surface area (Å²) in [6, 6.07) is 8.50. The number of rotatable bonds is 6. The maximum Gasteiger partial charge on any atom is 0.286 e. The number of anilines is 1. The van der Waals surface area contributed by atoms with Gasteiger partial charge in [0.05, 0.1) is 6.26 Å².